The van der Waals surface area contributed by atoms with Crippen LogP contribution >= 0.6 is 0 Å². The van der Waals surface area contributed by atoms with Gasteiger partial charge in [-0.3, -0.25) is 14.4 Å². The van der Waals surface area contributed by atoms with Crippen LogP contribution < -0.4 is 0 Å². The number of hydrogen-bond acceptors (Lipinski definition) is 14. The molecule has 2 aliphatic heterocycles. The average molecular weight is 779 g/mol. The largest absolute Gasteiger partial charge is 0.463 e. The number of benzene rings is 3. The number of ether oxygens (including phenoxy) is 10. The molecule has 56 heavy (non-hydrogen) atoms. The minimum Gasteiger partial charge on any atom is -0.463 e. The van der Waals surface area contributed by atoms with E-state index >= 15 is 0 Å². The Labute approximate surface area is 326 Å². The Bertz CT molecular complexity index is 1660. The van der Waals surface area contributed by atoms with E-state index < -0.39 is 85.9 Å². The van der Waals surface area contributed by atoms with E-state index in [-0.39, 0.29) is 33.0 Å². The molecule has 0 aromatic heterocycles. The Morgan fingerprint density at radius 3 is 1.66 bits per heavy atom. The number of rotatable bonds is 19. The predicted molar refractivity (Wildman–Crippen MR) is 198 cm³/mol. The zero-order valence-electron chi connectivity index (χ0n) is 31.7. The van der Waals surface area contributed by atoms with Gasteiger partial charge in [-0.2, -0.15) is 0 Å². The summed E-state index contributed by atoms with van der Waals surface area (Å²) in [5.41, 5.74) is 2.73. The summed E-state index contributed by atoms with van der Waals surface area (Å²) in [4.78, 5) is 36.5. The first-order chi connectivity index (χ1) is 27.1. The molecule has 0 radical (unpaired) electrons. The highest BCUT2D eigenvalue weighted by Gasteiger charge is 2.55. The molecule has 3 aromatic rings. The molecule has 1 N–H and O–H groups in total. The molecule has 302 valence electrons. The van der Waals surface area contributed by atoms with Crippen LogP contribution in [0.4, 0.5) is 0 Å². The van der Waals surface area contributed by atoms with E-state index in [1.807, 2.05) is 91.0 Å². The summed E-state index contributed by atoms with van der Waals surface area (Å²) < 4.78 is 61.1. The van der Waals surface area contributed by atoms with Gasteiger partial charge in [-0.05, 0) is 16.7 Å². The van der Waals surface area contributed by atoms with Crippen molar-refractivity contribution in [2.24, 2.45) is 0 Å². The molecule has 0 amide bonds. The van der Waals surface area contributed by atoms with E-state index in [0.29, 0.717) is 0 Å². The van der Waals surface area contributed by atoms with Gasteiger partial charge < -0.3 is 52.5 Å². The first kappa shape index (κ1) is 42.6. The maximum Gasteiger partial charge on any atom is 0.303 e. The van der Waals surface area contributed by atoms with E-state index in [9.17, 15) is 19.5 Å². The SMILES string of the molecule is C=CCO[C@H]1[C@@H](O[C@@H]2[C@@H](OC(C)=O)[C@H](OC(C)=O)[C@@H](COC(C)=O)O[C@H]2O)O[C@H](COCc2ccccc2)[C@@H](OCc2ccccc2)[C@@H]1OCc1ccccc1. The van der Waals surface area contributed by atoms with Gasteiger partial charge in [0.1, 0.15) is 37.1 Å². The topological polar surface area (TPSA) is 164 Å². The Morgan fingerprint density at radius 1 is 0.607 bits per heavy atom. The molecule has 0 saturated carbocycles. The Kier molecular flexibility index (Phi) is 16.5. The van der Waals surface area contributed by atoms with Crippen molar-refractivity contribution < 1.29 is 66.9 Å². The van der Waals surface area contributed by atoms with Crippen LogP contribution in [0.3, 0.4) is 0 Å². The van der Waals surface area contributed by atoms with Gasteiger partial charge in [0.2, 0.25) is 0 Å². The smallest absolute Gasteiger partial charge is 0.303 e. The van der Waals surface area contributed by atoms with Crippen molar-refractivity contribution in [1.29, 1.82) is 0 Å². The van der Waals surface area contributed by atoms with E-state index in [4.69, 9.17) is 47.4 Å². The van der Waals surface area contributed by atoms with E-state index in [1.54, 1.807) is 6.08 Å². The molecular weight excluding hydrogens is 728 g/mol. The molecule has 0 unspecified atom stereocenters. The van der Waals surface area contributed by atoms with Crippen molar-refractivity contribution in [3.63, 3.8) is 0 Å². The lowest BCUT2D eigenvalue weighted by Crippen LogP contribution is -2.66. The number of aliphatic hydroxyl groups is 1. The minimum atomic E-state index is -1.79. The highest BCUT2D eigenvalue weighted by molar-refractivity contribution is 5.68. The molecule has 0 bridgehead atoms. The summed E-state index contributed by atoms with van der Waals surface area (Å²) in [5.74, 6) is -2.16. The molecule has 2 saturated heterocycles. The summed E-state index contributed by atoms with van der Waals surface area (Å²) >= 11 is 0. The van der Waals surface area contributed by atoms with Crippen molar-refractivity contribution >= 4 is 17.9 Å². The summed E-state index contributed by atoms with van der Waals surface area (Å²) in [5, 5.41) is 11.4. The normalized spacial score (nSPS) is 27.5. The summed E-state index contributed by atoms with van der Waals surface area (Å²) in [7, 11) is 0. The molecule has 3 aromatic carbocycles. The molecule has 14 heteroatoms. The van der Waals surface area contributed by atoms with E-state index in [0.717, 1.165) is 30.5 Å². The van der Waals surface area contributed by atoms with Crippen molar-refractivity contribution in [3.05, 3.63) is 120 Å². The monoisotopic (exact) mass is 778 g/mol. The van der Waals surface area contributed by atoms with Crippen LogP contribution in [0.5, 0.6) is 0 Å². The Morgan fingerprint density at radius 2 is 1.12 bits per heavy atom. The second kappa shape index (κ2) is 21.7. The molecule has 0 aliphatic carbocycles. The molecular formula is C42H50O14. The third kappa shape index (κ3) is 12.5. The third-order valence-corrected chi connectivity index (χ3v) is 8.92. The van der Waals surface area contributed by atoms with Crippen LogP contribution in [0, 0.1) is 0 Å². The van der Waals surface area contributed by atoms with Gasteiger partial charge in [0.05, 0.1) is 33.0 Å². The second-order valence-corrected chi connectivity index (χ2v) is 13.3. The number of esters is 3. The van der Waals surface area contributed by atoms with Crippen LogP contribution in [-0.4, -0.2) is 104 Å². The lowest BCUT2D eigenvalue weighted by molar-refractivity contribution is -0.372. The van der Waals surface area contributed by atoms with Crippen LogP contribution in [0.15, 0.2) is 104 Å². The van der Waals surface area contributed by atoms with Crippen LogP contribution in [0.2, 0.25) is 0 Å². The van der Waals surface area contributed by atoms with Gasteiger partial charge >= 0.3 is 17.9 Å². The molecule has 5 rings (SSSR count). The first-order valence-electron chi connectivity index (χ1n) is 18.4. The van der Waals surface area contributed by atoms with Gasteiger partial charge in [-0.1, -0.05) is 97.1 Å². The van der Waals surface area contributed by atoms with Crippen LogP contribution in [0.25, 0.3) is 0 Å². The number of carbonyl (C=O) groups is 3. The lowest BCUT2D eigenvalue weighted by atomic mass is 9.96. The number of aliphatic hydroxyl groups excluding tert-OH is 1. The molecule has 2 aliphatic rings. The zero-order valence-corrected chi connectivity index (χ0v) is 31.7. The van der Waals surface area contributed by atoms with Gasteiger partial charge in [0.25, 0.3) is 0 Å². The van der Waals surface area contributed by atoms with Gasteiger partial charge in [0.15, 0.2) is 30.9 Å². The highest BCUT2D eigenvalue weighted by atomic mass is 16.8. The third-order valence-electron chi connectivity index (χ3n) is 8.92. The van der Waals surface area contributed by atoms with Crippen LogP contribution in [-0.2, 0) is 81.6 Å². The van der Waals surface area contributed by atoms with Crippen molar-refractivity contribution in [2.75, 3.05) is 19.8 Å². The molecule has 10 atom stereocenters. The quantitative estimate of drug-likeness (QED) is 0.105. The number of carbonyl (C=O) groups excluding carboxylic acids is 3. The standard InChI is InChI=1S/C42H50O14/c1-5-21-48-40-37(51-24-32-19-13-8-14-20-32)35(50-23-31-17-11-7-12-18-31)33(25-47-22-30-15-9-6-10-16-30)55-42(40)56-39-38(53-29(4)45)36(52-28(3)44)34(54-41(39)46)26-49-27(2)43/h5-20,33-42,46H,1,21-26H2,2-4H3/t33-,34-,35-,36-,37+,38+,39-,40-,41-,42-/m1/s1. The summed E-state index contributed by atoms with van der Waals surface area (Å²) in [6.07, 6.45) is -10.7. The Hall–Kier alpha value is -4.51. The van der Waals surface area contributed by atoms with Crippen molar-refractivity contribution in [3.8, 4) is 0 Å². The average Bonchev–Trinajstić information content (AvgIpc) is 3.18. The lowest BCUT2D eigenvalue weighted by Gasteiger charge is -2.49. The molecule has 2 heterocycles. The van der Waals surface area contributed by atoms with Crippen molar-refractivity contribution in [2.45, 2.75) is 102 Å². The summed E-state index contributed by atoms with van der Waals surface area (Å²) in [6, 6.07) is 28.8. The fourth-order valence-corrected chi connectivity index (χ4v) is 6.46. The fourth-order valence-electron chi connectivity index (χ4n) is 6.46. The molecule has 2 fully saturated rings. The predicted octanol–water partition coefficient (Wildman–Crippen LogP) is 4.20. The second-order valence-electron chi connectivity index (χ2n) is 13.3. The van der Waals surface area contributed by atoms with Gasteiger partial charge in [-0.15, -0.1) is 6.58 Å². The molecule has 14 nitrogen and oxygen atoms in total. The van der Waals surface area contributed by atoms with E-state index in [2.05, 4.69) is 6.58 Å². The minimum absolute atomic E-state index is 0.0191. The molecule has 0 spiro atoms. The first-order valence-corrected chi connectivity index (χ1v) is 18.4. The summed E-state index contributed by atoms with van der Waals surface area (Å²) in [6.45, 7) is 7.57. The highest BCUT2D eigenvalue weighted by Crippen LogP contribution is 2.35. The Balaban J connectivity index is 1.51. The maximum atomic E-state index is 12.5. The van der Waals surface area contributed by atoms with Gasteiger partial charge in [0, 0.05) is 20.8 Å². The van der Waals surface area contributed by atoms with Crippen molar-refractivity contribution in [1.82, 2.24) is 0 Å². The maximum absolute atomic E-state index is 12.5. The fraction of sp³-hybridized carbons (Fsp3) is 0.452. The van der Waals surface area contributed by atoms with E-state index in [1.165, 1.54) is 6.92 Å². The number of hydrogen-bond donors (Lipinski definition) is 1. The zero-order chi connectivity index (χ0) is 39.9. The van der Waals surface area contributed by atoms with Crippen LogP contribution in [0.1, 0.15) is 37.5 Å². The van der Waals surface area contributed by atoms with Gasteiger partial charge in [-0.25, -0.2) is 0 Å².